The Balaban J connectivity index is 1.82. The summed E-state index contributed by atoms with van der Waals surface area (Å²) in [5.74, 6) is 3.41. The lowest BCUT2D eigenvalue weighted by Crippen LogP contribution is -2.56. The number of amides is 1. The number of hydrogen-bond acceptors (Lipinski definition) is 4. The molecule has 2 rings (SSSR count). The molecule has 1 amide bonds. The minimum absolute atomic E-state index is 0.145. The SMILES string of the molecule is O=C(C1CSCCS1)N1CC(O)C1. The predicted octanol–water partition coefficient (Wildman–Crippen LogP) is 0.0381. The molecule has 0 aliphatic carbocycles. The zero-order valence-electron chi connectivity index (χ0n) is 7.31. The topological polar surface area (TPSA) is 40.5 Å². The lowest BCUT2D eigenvalue weighted by molar-refractivity contribution is -0.140. The highest BCUT2D eigenvalue weighted by atomic mass is 32.2. The first-order valence-corrected chi connectivity index (χ1v) is 6.64. The van der Waals surface area contributed by atoms with Gasteiger partial charge < -0.3 is 10.0 Å². The first-order valence-electron chi connectivity index (χ1n) is 4.43. The Morgan fingerprint density at radius 2 is 2.15 bits per heavy atom. The van der Waals surface area contributed by atoms with E-state index in [0.717, 1.165) is 17.3 Å². The maximum absolute atomic E-state index is 11.7. The number of thioether (sulfide) groups is 2. The van der Waals surface area contributed by atoms with Crippen LogP contribution in [0.2, 0.25) is 0 Å². The van der Waals surface area contributed by atoms with Gasteiger partial charge in [-0.05, 0) is 0 Å². The molecule has 1 N–H and O–H groups in total. The van der Waals surface area contributed by atoms with E-state index in [0.29, 0.717) is 13.1 Å². The standard InChI is InChI=1S/C8H13NO2S2/c10-6-3-9(4-6)8(11)7-5-12-1-2-13-7/h6-7,10H,1-5H2. The third-order valence-electron chi connectivity index (χ3n) is 2.27. The molecule has 2 aliphatic heterocycles. The number of likely N-dealkylation sites (tertiary alicyclic amines) is 1. The van der Waals surface area contributed by atoms with Crippen LogP contribution < -0.4 is 0 Å². The Labute approximate surface area is 86.2 Å². The summed E-state index contributed by atoms with van der Waals surface area (Å²) in [5.41, 5.74) is 0. The van der Waals surface area contributed by atoms with Gasteiger partial charge in [-0.1, -0.05) is 0 Å². The number of aliphatic hydroxyl groups is 1. The summed E-state index contributed by atoms with van der Waals surface area (Å²) in [5, 5.41) is 9.20. The molecule has 0 aromatic heterocycles. The minimum Gasteiger partial charge on any atom is -0.389 e. The Kier molecular flexibility index (Phi) is 3.06. The highest BCUT2D eigenvalue weighted by Gasteiger charge is 2.34. The number of carbonyl (C=O) groups excluding carboxylic acids is 1. The molecule has 2 fully saturated rings. The minimum atomic E-state index is -0.273. The predicted molar refractivity (Wildman–Crippen MR) is 56.2 cm³/mol. The van der Waals surface area contributed by atoms with Gasteiger partial charge in [-0.3, -0.25) is 4.79 Å². The van der Waals surface area contributed by atoms with E-state index in [-0.39, 0.29) is 17.3 Å². The molecule has 1 atom stereocenters. The molecule has 2 saturated heterocycles. The highest BCUT2D eigenvalue weighted by molar-refractivity contribution is 8.07. The van der Waals surface area contributed by atoms with E-state index in [1.54, 1.807) is 16.7 Å². The van der Waals surface area contributed by atoms with E-state index in [4.69, 9.17) is 5.11 Å². The Bertz CT molecular complexity index is 200. The number of hydrogen-bond donors (Lipinski definition) is 1. The summed E-state index contributed by atoms with van der Waals surface area (Å²) in [4.78, 5) is 13.5. The van der Waals surface area contributed by atoms with E-state index in [1.165, 1.54) is 0 Å². The highest BCUT2D eigenvalue weighted by Crippen LogP contribution is 2.26. The van der Waals surface area contributed by atoms with Crippen LogP contribution in [0.15, 0.2) is 0 Å². The van der Waals surface area contributed by atoms with Gasteiger partial charge in [0.05, 0.1) is 11.4 Å². The lowest BCUT2D eigenvalue weighted by atomic mass is 10.1. The van der Waals surface area contributed by atoms with Gasteiger partial charge in [0, 0.05) is 30.3 Å². The van der Waals surface area contributed by atoms with Crippen molar-refractivity contribution in [3.63, 3.8) is 0 Å². The lowest BCUT2D eigenvalue weighted by Gasteiger charge is -2.38. The second-order valence-electron chi connectivity index (χ2n) is 3.33. The molecule has 0 bridgehead atoms. The van der Waals surface area contributed by atoms with Crippen LogP contribution in [0, 0.1) is 0 Å². The number of rotatable bonds is 1. The molecular formula is C8H13NO2S2. The monoisotopic (exact) mass is 219 g/mol. The molecule has 13 heavy (non-hydrogen) atoms. The summed E-state index contributed by atoms with van der Waals surface area (Å²) >= 11 is 3.61. The zero-order chi connectivity index (χ0) is 9.26. The summed E-state index contributed by atoms with van der Waals surface area (Å²) in [6.07, 6.45) is -0.273. The van der Waals surface area contributed by atoms with Crippen molar-refractivity contribution in [1.82, 2.24) is 4.90 Å². The van der Waals surface area contributed by atoms with Crippen molar-refractivity contribution >= 4 is 29.4 Å². The second kappa shape index (κ2) is 4.11. The van der Waals surface area contributed by atoms with Gasteiger partial charge in [-0.2, -0.15) is 11.8 Å². The van der Waals surface area contributed by atoms with Crippen LogP contribution in [0.25, 0.3) is 0 Å². The molecule has 74 valence electrons. The van der Waals surface area contributed by atoms with Crippen LogP contribution in [0.3, 0.4) is 0 Å². The van der Waals surface area contributed by atoms with Crippen molar-refractivity contribution < 1.29 is 9.90 Å². The summed E-state index contributed by atoms with van der Waals surface area (Å²) in [6.45, 7) is 1.08. The van der Waals surface area contributed by atoms with Gasteiger partial charge >= 0.3 is 0 Å². The average Bonchev–Trinajstić information content (AvgIpc) is 2.13. The van der Waals surface area contributed by atoms with Crippen molar-refractivity contribution in [3.05, 3.63) is 0 Å². The molecule has 5 heteroatoms. The number of β-amino-alcohol motifs (C(OH)–C–C–N with tert-alkyl or cyclic N) is 1. The summed E-state index contributed by atoms with van der Waals surface area (Å²) < 4.78 is 0. The number of carbonyl (C=O) groups is 1. The van der Waals surface area contributed by atoms with Gasteiger partial charge in [0.25, 0.3) is 0 Å². The van der Waals surface area contributed by atoms with Crippen LogP contribution >= 0.6 is 23.5 Å². The normalized spacial score (nSPS) is 29.9. The van der Waals surface area contributed by atoms with E-state index in [9.17, 15) is 4.79 Å². The van der Waals surface area contributed by atoms with Gasteiger partial charge in [0.2, 0.25) is 5.91 Å². The zero-order valence-corrected chi connectivity index (χ0v) is 8.94. The van der Waals surface area contributed by atoms with Gasteiger partial charge in [-0.15, -0.1) is 11.8 Å². The van der Waals surface area contributed by atoms with E-state index in [2.05, 4.69) is 0 Å². The van der Waals surface area contributed by atoms with Crippen LogP contribution in [0.5, 0.6) is 0 Å². The third kappa shape index (κ3) is 2.14. The third-order valence-corrected chi connectivity index (χ3v) is 5.01. The van der Waals surface area contributed by atoms with Gasteiger partial charge in [0.1, 0.15) is 0 Å². The van der Waals surface area contributed by atoms with Gasteiger partial charge in [-0.25, -0.2) is 0 Å². The van der Waals surface area contributed by atoms with E-state index < -0.39 is 0 Å². The van der Waals surface area contributed by atoms with Crippen LogP contribution in [-0.4, -0.2) is 57.6 Å². The maximum Gasteiger partial charge on any atom is 0.236 e. The first-order chi connectivity index (χ1) is 6.27. The Hall–Kier alpha value is 0.130. The number of aliphatic hydroxyl groups excluding tert-OH is 1. The van der Waals surface area contributed by atoms with Crippen molar-refractivity contribution in [2.75, 3.05) is 30.3 Å². The fraction of sp³-hybridized carbons (Fsp3) is 0.875. The van der Waals surface area contributed by atoms with Crippen molar-refractivity contribution in [3.8, 4) is 0 Å². The van der Waals surface area contributed by atoms with Crippen LogP contribution in [-0.2, 0) is 4.79 Å². The van der Waals surface area contributed by atoms with E-state index >= 15 is 0 Å². The molecule has 0 saturated carbocycles. The van der Waals surface area contributed by atoms with Crippen LogP contribution in [0.4, 0.5) is 0 Å². The van der Waals surface area contributed by atoms with Crippen molar-refractivity contribution in [1.29, 1.82) is 0 Å². The summed E-state index contributed by atoms with van der Waals surface area (Å²) in [6, 6.07) is 0. The van der Waals surface area contributed by atoms with Crippen molar-refractivity contribution in [2.45, 2.75) is 11.4 Å². The fourth-order valence-corrected chi connectivity index (χ4v) is 4.10. The largest absolute Gasteiger partial charge is 0.389 e. The fourth-order valence-electron chi connectivity index (χ4n) is 1.47. The van der Waals surface area contributed by atoms with Crippen molar-refractivity contribution in [2.24, 2.45) is 0 Å². The average molecular weight is 219 g/mol. The summed E-state index contributed by atoms with van der Waals surface area (Å²) in [7, 11) is 0. The molecular weight excluding hydrogens is 206 g/mol. The smallest absolute Gasteiger partial charge is 0.236 e. The molecule has 0 spiro atoms. The Morgan fingerprint density at radius 3 is 2.69 bits per heavy atom. The molecule has 0 aromatic rings. The molecule has 0 radical (unpaired) electrons. The first kappa shape index (κ1) is 9.68. The molecule has 3 nitrogen and oxygen atoms in total. The number of nitrogens with zero attached hydrogens (tertiary/aromatic N) is 1. The quantitative estimate of drug-likeness (QED) is 0.676. The van der Waals surface area contributed by atoms with Gasteiger partial charge in [0.15, 0.2) is 0 Å². The Morgan fingerprint density at radius 1 is 1.38 bits per heavy atom. The molecule has 2 heterocycles. The maximum atomic E-state index is 11.7. The molecule has 0 aromatic carbocycles. The van der Waals surface area contributed by atoms with E-state index in [1.807, 2.05) is 11.8 Å². The molecule has 1 unspecified atom stereocenters. The molecule has 2 aliphatic rings. The second-order valence-corrected chi connectivity index (χ2v) is 5.79. The van der Waals surface area contributed by atoms with Crippen LogP contribution in [0.1, 0.15) is 0 Å².